The molecule has 1 fully saturated rings. The van der Waals surface area contributed by atoms with Crippen LogP contribution in [0.25, 0.3) is 0 Å². The van der Waals surface area contributed by atoms with Gasteiger partial charge in [-0.3, -0.25) is 0 Å². The van der Waals surface area contributed by atoms with E-state index in [9.17, 15) is 0 Å². The van der Waals surface area contributed by atoms with Gasteiger partial charge in [-0.05, 0) is 56.0 Å². The molecule has 0 atom stereocenters. The predicted molar refractivity (Wildman–Crippen MR) is 78.1 cm³/mol. The fraction of sp³-hybridized carbons (Fsp3) is 0.625. The summed E-state index contributed by atoms with van der Waals surface area (Å²) >= 11 is 0. The molecule has 0 amide bonds. The molecule has 0 spiro atoms. The van der Waals surface area contributed by atoms with Crippen LogP contribution in [-0.4, -0.2) is 26.8 Å². The maximum atomic E-state index is 5.95. The van der Waals surface area contributed by atoms with Gasteiger partial charge in [-0.2, -0.15) is 0 Å². The number of hydrogen-bond donors (Lipinski definition) is 1. The van der Waals surface area contributed by atoms with E-state index in [1.165, 1.54) is 18.4 Å². The second kappa shape index (κ2) is 7.39. The Balaban J connectivity index is 1.94. The van der Waals surface area contributed by atoms with Crippen molar-refractivity contribution >= 4 is 0 Å². The maximum Gasteiger partial charge on any atom is 0.161 e. The molecule has 0 saturated carbocycles. The van der Waals surface area contributed by atoms with Gasteiger partial charge in [0.2, 0.25) is 0 Å². The summed E-state index contributed by atoms with van der Waals surface area (Å²) in [4.78, 5) is 0. The van der Waals surface area contributed by atoms with E-state index in [1.54, 1.807) is 7.11 Å². The fourth-order valence-corrected chi connectivity index (χ4v) is 2.53. The maximum absolute atomic E-state index is 5.95. The number of piperidine rings is 1. The van der Waals surface area contributed by atoms with Crippen molar-refractivity contribution in [2.75, 3.05) is 26.8 Å². The molecular formula is C16H25NO2. The molecule has 0 aromatic heterocycles. The highest BCUT2D eigenvalue weighted by atomic mass is 16.5. The standard InChI is InChI=1S/C16H25NO2/c1-3-4-13-5-6-15(16(11-13)18-2)19-12-14-7-9-17-10-8-14/h5-6,11,14,17H,3-4,7-10,12H2,1-2H3. The molecule has 1 aromatic carbocycles. The van der Waals surface area contributed by atoms with Crippen LogP contribution >= 0.6 is 0 Å². The van der Waals surface area contributed by atoms with E-state index in [2.05, 4.69) is 24.4 Å². The first-order chi connectivity index (χ1) is 9.33. The lowest BCUT2D eigenvalue weighted by Gasteiger charge is -2.23. The van der Waals surface area contributed by atoms with E-state index in [0.29, 0.717) is 5.92 Å². The number of benzene rings is 1. The Kier molecular flexibility index (Phi) is 5.52. The van der Waals surface area contributed by atoms with Gasteiger partial charge in [0.05, 0.1) is 13.7 Å². The lowest BCUT2D eigenvalue weighted by Crippen LogP contribution is -2.30. The van der Waals surface area contributed by atoms with Gasteiger partial charge in [-0.15, -0.1) is 0 Å². The zero-order chi connectivity index (χ0) is 13.5. The smallest absolute Gasteiger partial charge is 0.161 e. The zero-order valence-corrected chi connectivity index (χ0v) is 12.1. The molecule has 1 aliphatic rings. The number of methoxy groups -OCH3 is 1. The third-order valence-electron chi connectivity index (χ3n) is 3.70. The molecule has 0 aliphatic carbocycles. The second-order valence-corrected chi connectivity index (χ2v) is 5.24. The fourth-order valence-electron chi connectivity index (χ4n) is 2.53. The van der Waals surface area contributed by atoms with Crippen molar-refractivity contribution < 1.29 is 9.47 Å². The number of aryl methyl sites for hydroxylation is 1. The van der Waals surface area contributed by atoms with E-state index in [0.717, 1.165) is 44.0 Å². The van der Waals surface area contributed by atoms with E-state index in [4.69, 9.17) is 9.47 Å². The van der Waals surface area contributed by atoms with Gasteiger partial charge < -0.3 is 14.8 Å². The lowest BCUT2D eigenvalue weighted by molar-refractivity contribution is 0.208. The molecular weight excluding hydrogens is 238 g/mol. The first-order valence-corrected chi connectivity index (χ1v) is 7.34. The highest BCUT2D eigenvalue weighted by Gasteiger charge is 2.14. The highest BCUT2D eigenvalue weighted by molar-refractivity contribution is 5.43. The van der Waals surface area contributed by atoms with Crippen LogP contribution in [-0.2, 0) is 6.42 Å². The molecule has 3 heteroatoms. The average molecular weight is 263 g/mol. The Morgan fingerprint density at radius 3 is 2.68 bits per heavy atom. The summed E-state index contributed by atoms with van der Waals surface area (Å²) in [5, 5.41) is 3.38. The normalized spacial score (nSPS) is 16.3. The predicted octanol–water partition coefficient (Wildman–Crippen LogP) is 3.03. The molecule has 1 N–H and O–H groups in total. The Hall–Kier alpha value is -1.22. The van der Waals surface area contributed by atoms with Crippen molar-refractivity contribution in [3.05, 3.63) is 23.8 Å². The van der Waals surface area contributed by atoms with E-state index in [1.807, 2.05) is 6.07 Å². The van der Waals surface area contributed by atoms with Crippen LogP contribution < -0.4 is 14.8 Å². The van der Waals surface area contributed by atoms with Gasteiger partial charge in [-0.1, -0.05) is 19.4 Å². The van der Waals surface area contributed by atoms with Crippen molar-refractivity contribution in [2.45, 2.75) is 32.6 Å². The molecule has 2 rings (SSSR count). The monoisotopic (exact) mass is 263 g/mol. The van der Waals surface area contributed by atoms with Crippen LogP contribution in [0.5, 0.6) is 11.5 Å². The van der Waals surface area contributed by atoms with E-state index < -0.39 is 0 Å². The van der Waals surface area contributed by atoms with Crippen molar-refractivity contribution in [3.8, 4) is 11.5 Å². The molecule has 1 saturated heterocycles. The summed E-state index contributed by atoms with van der Waals surface area (Å²) in [6, 6.07) is 6.29. The molecule has 1 aliphatic heterocycles. The van der Waals surface area contributed by atoms with Gasteiger partial charge in [-0.25, -0.2) is 0 Å². The molecule has 19 heavy (non-hydrogen) atoms. The summed E-state index contributed by atoms with van der Waals surface area (Å²) in [6.07, 6.45) is 4.65. The summed E-state index contributed by atoms with van der Waals surface area (Å²) in [7, 11) is 1.71. The lowest BCUT2D eigenvalue weighted by atomic mass is 9.99. The van der Waals surface area contributed by atoms with Gasteiger partial charge in [0.1, 0.15) is 0 Å². The molecule has 3 nitrogen and oxygen atoms in total. The summed E-state index contributed by atoms with van der Waals surface area (Å²) < 4.78 is 11.4. The number of hydrogen-bond acceptors (Lipinski definition) is 3. The Bertz CT molecular complexity index is 386. The summed E-state index contributed by atoms with van der Waals surface area (Å²) in [5.41, 5.74) is 1.31. The van der Waals surface area contributed by atoms with Crippen molar-refractivity contribution in [3.63, 3.8) is 0 Å². The van der Waals surface area contributed by atoms with Crippen LogP contribution in [0.2, 0.25) is 0 Å². The van der Waals surface area contributed by atoms with Crippen molar-refractivity contribution in [2.24, 2.45) is 5.92 Å². The van der Waals surface area contributed by atoms with Crippen molar-refractivity contribution in [1.29, 1.82) is 0 Å². The van der Waals surface area contributed by atoms with Crippen LogP contribution in [0.1, 0.15) is 31.7 Å². The van der Waals surface area contributed by atoms with Crippen LogP contribution in [0.15, 0.2) is 18.2 Å². The van der Waals surface area contributed by atoms with Gasteiger partial charge in [0.15, 0.2) is 11.5 Å². The first kappa shape index (κ1) is 14.2. The molecule has 106 valence electrons. The topological polar surface area (TPSA) is 30.5 Å². The molecule has 0 bridgehead atoms. The highest BCUT2D eigenvalue weighted by Crippen LogP contribution is 2.29. The number of ether oxygens (including phenoxy) is 2. The molecule has 0 radical (unpaired) electrons. The Labute approximate surface area is 116 Å². The zero-order valence-electron chi connectivity index (χ0n) is 12.1. The van der Waals surface area contributed by atoms with Gasteiger partial charge in [0.25, 0.3) is 0 Å². The Morgan fingerprint density at radius 1 is 1.21 bits per heavy atom. The largest absolute Gasteiger partial charge is 0.493 e. The van der Waals surface area contributed by atoms with E-state index in [-0.39, 0.29) is 0 Å². The first-order valence-electron chi connectivity index (χ1n) is 7.34. The van der Waals surface area contributed by atoms with E-state index >= 15 is 0 Å². The molecule has 1 heterocycles. The van der Waals surface area contributed by atoms with Crippen LogP contribution in [0.3, 0.4) is 0 Å². The van der Waals surface area contributed by atoms with Crippen LogP contribution in [0, 0.1) is 5.92 Å². The Morgan fingerprint density at radius 2 is 2.00 bits per heavy atom. The molecule has 0 unspecified atom stereocenters. The summed E-state index contributed by atoms with van der Waals surface area (Å²) in [5.74, 6) is 2.40. The van der Waals surface area contributed by atoms with Crippen LogP contribution in [0.4, 0.5) is 0 Å². The SMILES string of the molecule is CCCc1ccc(OCC2CCNCC2)c(OC)c1. The number of nitrogens with one attached hydrogen (secondary N) is 1. The third kappa shape index (κ3) is 4.13. The third-order valence-corrected chi connectivity index (χ3v) is 3.70. The van der Waals surface area contributed by atoms with Gasteiger partial charge >= 0.3 is 0 Å². The second-order valence-electron chi connectivity index (χ2n) is 5.24. The minimum absolute atomic E-state index is 0.668. The van der Waals surface area contributed by atoms with Gasteiger partial charge in [0, 0.05) is 0 Å². The summed E-state index contributed by atoms with van der Waals surface area (Å²) in [6.45, 7) is 5.21. The number of rotatable bonds is 6. The van der Waals surface area contributed by atoms with Crippen molar-refractivity contribution in [1.82, 2.24) is 5.32 Å². The minimum atomic E-state index is 0.668. The molecule has 1 aromatic rings. The quantitative estimate of drug-likeness (QED) is 0.855. The minimum Gasteiger partial charge on any atom is -0.493 e. The average Bonchev–Trinajstić information content (AvgIpc) is 2.47.